The monoisotopic (exact) mass is 261 g/mol. The van der Waals surface area contributed by atoms with Crippen molar-refractivity contribution in [1.29, 1.82) is 0 Å². The van der Waals surface area contributed by atoms with E-state index in [2.05, 4.69) is 62.2 Å². The van der Waals surface area contributed by atoms with Crippen LogP contribution in [-0.4, -0.2) is 14.0 Å². The van der Waals surface area contributed by atoms with E-state index in [1.807, 2.05) is 12.3 Å². The largest absolute Gasteiger partial charge is 0.300 e. The highest BCUT2D eigenvalue weighted by molar-refractivity contribution is 5.89. The summed E-state index contributed by atoms with van der Waals surface area (Å²) in [7, 11) is 2.13. The van der Waals surface area contributed by atoms with Gasteiger partial charge in [-0.25, -0.2) is 14.1 Å². The van der Waals surface area contributed by atoms with Crippen LogP contribution < -0.4 is 4.57 Å². The second-order valence-electron chi connectivity index (χ2n) is 5.34. The molecule has 0 aliphatic carbocycles. The highest BCUT2D eigenvalue weighted by atomic mass is 15.2. The first-order valence-corrected chi connectivity index (χ1v) is 6.77. The molecule has 0 saturated carbocycles. The van der Waals surface area contributed by atoms with Crippen molar-refractivity contribution < 1.29 is 4.57 Å². The lowest BCUT2D eigenvalue weighted by atomic mass is 10.1. The summed E-state index contributed by atoms with van der Waals surface area (Å²) in [6, 6.07) is 10.6. The van der Waals surface area contributed by atoms with Crippen molar-refractivity contribution in [2.45, 2.75) is 6.54 Å². The van der Waals surface area contributed by atoms with E-state index in [0.29, 0.717) is 0 Å². The van der Waals surface area contributed by atoms with E-state index >= 15 is 0 Å². The van der Waals surface area contributed by atoms with Gasteiger partial charge in [0.1, 0.15) is 6.54 Å². The van der Waals surface area contributed by atoms with Gasteiger partial charge in [-0.3, -0.25) is 0 Å². The maximum Gasteiger partial charge on any atom is 0.290 e. The van der Waals surface area contributed by atoms with Gasteiger partial charge in [-0.15, -0.1) is 0 Å². The third kappa shape index (κ3) is 1.04. The SMILES string of the molecule is C[n+]1c2n(c3cn4cccnc4c31)Cc1ccccc1-2. The maximum absolute atomic E-state index is 4.53. The summed E-state index contributed by atoms with van der Waals surface area (Å²) in [5, 5.41) is 0. The average molecular weight is 261 g/mol. The zero-order chi connectivity index (χ0) is 13.3. The normalized spacial score (nSPS) is 13.1. The van der Waals surface area contributed by atoms with Crippen LogP contribution in [0.5, 0.6) is 0 Å². The summed E-state index contributed by atoms with van der Waals surface area (Å²) in [5.74, 6) is 1.28. The molecule has 0 unspecified atom stereocenters. The number of hydrogen-bond donors (Lipinski definition) is 0. The lowest BCUT2D eigenvalue weighted by Gasteiger charge is -1.95. The standard InChI is InChI=1S/C16H13N4/c1-18-14-13(10-19-8-4-7-17-15(14)19)20-9-11-5-2-3-6-12(11)16(18)20/h2-8,10H,9H2,1H3/q+1. The van der Waals surface area contributed by atoms with E-state index in [0.717, 1.165) is 12.2 Å². The molecule has 4 heterocycles. The minimum absolute atomic E-state index is 0.944. The number of nitrogens with zero attached hydrogens (tertiary/aromatic N) is 4. The molecule has 0 saturated heterocycles. The van der Waals surface area contributed by atoms with Crippen molar-refractivity contribution >= 4 is 16.7 Å². The number of imidazole rings is 1. The Labute approximate surface area is 115 Å². The van der Waals surface area contributed by atoms with Gasteiger partial charge in [-0.2, -0.15) is 0 Å². The summed E-state index contributed by atoms with van der Waals surface area (Å²) in [5.41, 5.74) is 6.19. The number of rotatable bonds is 0. The van der Waals surface area contributed by atoms with E-state index < -0.39 is 0 Å². The molecule has 1 aliphatic rings. The van der Waals surface area contributed by atoms with Gasteiger partial charge < -0.3 is 4.40 Å². The lowest BCUT2D eigenvalue weighted by Crippen LogP contribution is -2.29. The first-order chi connectivity index (χ1) is 9.84. The smallest absolute Gasteiger partial charge is 0.290 e. The van der Waals surface area contributed by atoms with Gasteiger partial charge in [0.2, 0.25) is 5.52 Å². The third-order valence-electron chi connectivity index (χ3n) is 4.28. The number of aryl methyl sites for hydroxylation is 1. The molecule has 0 fully saturated rings. The van der Waals surface area contributed by atoms with Crippen LogP contribution in [0, 0.1) is 0 Å². The van der Waals surface area contributed by atoms with Crippen molar-refractivity contribution in [2.24, 2.45) is 7.05 Å². The fourth-order valence-electron chi connectivity index (χ4n) is 3.43. The Morgan fingerprint density at radius 2 is 2.10 bits per heavy atom. The predicted octanol–water partition coefficient (Wildman–Crippen LogP) is 2.14. The van der Waals surface area contributed by atoms with Crippen LogP contribution in [0.1, 0.15) is 5.56 Å². The Hall–Kier alpha value is -2.62. The van der Waals surface area contributed by atoms with Gasteiger partial charge in [0, 0.05) is 18.0 Å². The molecular weight excluding hydrogens is 248 g/mol. The Morgan fingerprint density at radius 3 is 3.05 bits per heavy atom. The first-order valence-electron chi connectivity index (χ1n) is 6.77. The van der Waals surface area contributed by atoms with Crippen LogP contribution in [0.15, 0.2) is 48.9 Å². The fourth-order valence-corrected chi connectivity index (χ4v) is 3.43. The van der Waals surface area contributed by atoms with E-state index in [9.17, 15) is 0 Å². The topological polar surface area (TPSA) is 26.1 Å². The molecule has 96 valence electrons. The molecule has 0 spiro atoms. The molecule has 3 aromatic heterocycles. The summed E-state index contributed by atoms with van der Waals surface area (Å²) >= 11 is 0. The van der Waals surface area contributed by atoms with Crippen molar-refractivity contribution in [3.63, 3.8) is 0 Å². The van der Waals surface area contributed by atoms with E-state index in [4.69, 9.17) is 0 Å². The minimum Gasteiger partial charge on any atom is -0.300 e. The molecule has 0 N–H and O–H groups in total. The molecule has 20 heavy (non-hydrogen) atoms. The van der Waals surface area contributed by atoms with E-state index in [-0.39, 0.29) is 0 Å². The van der Waals surface area contributed by atoms with Crippen molar-refractivity contribution in [1.82, 2.24) is 14.0 Å². The zero-order valence-corrected chi connectivity index (χ0v) is 11.1. The Bertz CT molecular complexity index is 990. The minimum atomic E-state index is 0.944. The van der Waals surface area contributed by atoms with Crippen LogP contribution in [0.2, 0.25) is 0 Å². The van der Waals surface area contributed by atoms with Crippen LogP contribution in [-0.2, 0) is 13.6 Å². The highest BCUT2D eigenvalue weighted by Gasteiger charge is 2.34. The van der Waals surface area contributed by atoms with Gasteiger partial charge in [-0.1, -0.05) is 18.2 Å². The summed E-state index contributed by atoms with van der Waals surface area (Å²) in [6.45, 7) is 0.944. The number of hydrogen-bond acceptors (Lipinski definition) is 1. The van der Waals surface area contributed by atoms with Crippen molar-refractivity contribution in [3.8, 4) is 11.4 Å². The number of aromatic nitrogens is 4. The number of fused-ring (bicyclic) bond motifs is 7. The number of benzene rings is 1. The summed E-state index contributed by atoms with van der Waals surface area (Å²) < 4.78 is 6.75. The van der Waals surface area contributed by atoms with Gasteiger partial charge in [0.05, 0.1) is 18.8 Å². The van der Waals surface area contributed by atoms with E-state index in [1.54, 1.807) is 0 Å². The van der Waals surface area contributed by atoms with Gasteiger partial charge in [0.25, 0.3) is 5.82 Å². The van der Waals surface area contributed by atoms with Crippen LogP contribution in [0.3, 0.4) is 0 Å². The molecule has 4 heteroatoms. The Balaban J connectivity index is 1.98. The second-order valence-corrected chi connectivity index (χ2v) is 5.34. The molecule has 1 aliphatic heterocycles. The van der Waals surface area contributed by atoms with Gasteiger partial charge >= 0.3 is 0 Å². The van der Waals surface area contributed by atoms with Crippen molar-refractivity contribution in [3.05, 3.63) is 54.5 Å². The first kappa shape index (κ1) is 10.2. The molecule has 0 atom stereocenters. The zero-order valence-electron chi connectivity index (χ0n) is 11.1. The summed E-state index contributed by atoms with van der Waals surface area (Å²) in [6.07, 6.45) is 6.08. The van der Waals surface area contributed by atoms with Crippen LogP contribution in [0.25, 0.3) is 28.1 Å². The second kappa shape index (κ2) is 3.28. The molecular formula is C16H13N4+. The third-order valence-corrected chi connectivity index (χ3v) is 4.28. The molecule has 1 aromatic carbocycles. The molecule has 5 rings (SSSR count). The van der Waals surface area contributed by atoms with Crippen molar-refractivity contribution in [2.75, 3.05) is 0 Å². The molecule has 4 nitrogen and oxygen atoms in total. The summed E-state index contributed by atoms with van der Waals surface area (Å²) in [4.78, 5) is 4.53. The lowest BCUT2D eigenvalue weighted by molar-refractivity contribution is -0.633. The van der Waals surface area contributed by atoms with Crippen LogP contribution in [0.4, 0.5) is 0 Å². The molecule has 0 bridgehead atoms. The maximum atomic E-state index is 4.53. The average Bonchev–Trinajstić information content (AvgIpc) is 3.10. The highest BCUT2D eigenvalue weighted by Crippen LogP contribution is 2.34. The fraction of sp³-hybridized carbons (Fsp3) is 0.125. The van der Waals surface area contributed by atoms with E-state index in [1.165, 1.54) is 28.0 Å². The molecule has 0 radical (unpaired) electrons. The quantitative estimate of drug-likeness (QED) is 0.392. The van der Waals surface area contributed by atoms with Gasteiger partial charge in [0.15, 0.2) is 11.2 Å². The predicted molar refractivity (Wildman–Crippen MR) is 76.4 cm³/mol. The molecule has 4 aromatic rings. The Morgan fingerprint density at radius 1 is 1.20 bits per heavy atom. The van der Waals surface area contributed by atoms with Gasteiger partial charge in [-0.05, 0) is 12.1 Å². The van der Waals surface area contributed by atoms with Crippen LogP contribution >= 0.6 is 0 Å². The molecule has 0 amide bonds. The Kier molecular flexibility index (Phi) is 1.67.